The van der Waals surface area contributed by atoms with Crippen molar-refractivity contribution in [3.8, 4) is 0 Å². The van der Waals surface area contributed by atoms with Gasteiger partial charge in [-0.15, -0.1) is 0 Å². The molecule has 0 aliphatic carbocycles. The van der Waals surface area contributed by atoms with Gasteiger partial charge >= 0.3 is 0 Å². The second-order valence-corrected chi connectivity index (χ2v) is 4.03. The minimum absolute atomic E-state index is 0.209. The Morgan fingerprint density at radius 2 is 2.21 bits per heavy atom. The van der Waals surface area contributed by atoms with Gasteiger partial charge in [-0.1, -0.05) is 6.07 Å². The molecule has 0 bridgehead atoms. The van der Waals surface area contributed by atoms with Gasteiger partial charge in [-0.05, 0) is 30.5 Å². The van der Waals surface area contributed by atoms with Gasteiger partial charge in [0.25, 0.3) is 11.5 Å². The van der Waals surface area contributed by atoms with Crippen molar-refractivity contribution >= 4 is 5.91 Å². The Hall–Kier alpha value is -2.50. The van der Waals surface area contributed by atoms with E-state index < -0.39 is 0 Å². The Bertz CT molecular complexity index is 575. The SMILES string of the molecule is O=C(NCCCc1cccnc1)c1ccc(=O)[nH]n1. The van der Waals surface area contributed by atoms with E-state index in [4.69, 9.17) is 0 Å². The molecule has 6 heteroatoms. The summed E-state index contributed by atoms with van der Waals surface area (Å²) in [5.74, 6) is -0.289. The number of rotatable bonds is 5. The van der Waals surface area contributed by atoms with E-state index in [0.717, 1.165) is 18.4 Å². The summed E-state index contributed by atoms with van der Waals surface area (Å²) in [6.07, 6.45) is 5.21. The fourth-order valence-corrected chi connectivity index (χ4v) is 1.60. The molecule has 0 aromatic carbocycles. The number of pyridine rings is 1. The van der Waals surface area contributed by atoms with E-state index in [1.165, 1.54) is 12.1 Å². The van der Waals surface area contributed by atoms with Crippen molar-refractivity contribution in [2.45, 2.75) is 12.8 Å². The van der Waals surface area contributed by atoms with E-state index in [9.17, 15) is 9.59 Å². The van der Waals surface area contributed by atoms with E-state index in [1.807, 2.05) is 18.3 Å². The summed E-state index contributed by atoms with van der Waals surface area (Å²) >= 11 is 0. The number of aromatic amines is 1. The van der Waals surface area contributed by atoms with Crippen LogP contribution in [0.4, 0.5) is 0 Å². The Balaban J connectivity index is 1.75. The largest absolute Gasteiger partial charge is 0.351 e. The molecule has 0 aliphatic rings. The number of aromatic nitrogens is 3. The number of aryl methyl sites for hydroxylation is 1. The minimum atomic E-state index is -0.326. The lowest BCUT2D eigenvalue weighted by Gasteiger charge is -2.04. The summed E-state index contributed by atoms with van der Waals surface area (Å²) in [5.41, 5.74) is 1.02. The van der Waals surface area contributed by atoms with Crippen molar-refractivity contribution in [2.24, 2.45) is 0 Å². The summed E-state index contributed by atoms with van der Waals surface area (Å²) in [6, 6.07) is 6.56. The van der Waals surface area contributed by atoms with Gasteiger partial charge in [0.15, 0.2) is 0 Å². The third-order valence-electron chi connectivity index (χ3n) is 2.56. The highest BCUT2D eigenvalue weighted by atomic mass is 16.2. The predicted molar refractivity (Wildman–Crippen MR) is 69.7 cm³/mol. The van der Waals surface area contributed by atoms with Crippen molar-refractivity contribution in [1.29, 1.82) is 0 Å². The summed E-state index contributed by atoms with van der Waals surface area (Å²) in [6.45, 7) is 0.550. The molecule has 2 heterocycles. The number of nitrogens with zero attached hydrogens (tertiary/aromatic N) is 2. The molecule has 0 saturated heterocycles. The first-order valence-electron chi connectivity index (χ1n) is 5.98. The fraction of sp³-hybridized carbons (Fsp3) is 0.231. The van der Waals surface area contributed by atoms with Crippen LogP contribution >= 0.6 is 0 Å². The van der Waals surface area contributed by atoms with Gasteiger partial charge in [0.2, 0.25) is 0 Å². The molecule has 19 heavy (non-hydrogen) atoms. The lowest BCUT2D eigenvalue weighted by molar-refractivity contribution is 0.0947. The lowest BCUT2D eigenvalue weighted by Crippen LogP contribution is -2.26. The van der Waals surface area contributed by atoms with Gasteiger partial charge in [-0.25, -0.2) is 5.10 Å². The monoisotopic (exact) mass is 258 g/mol. The smallest absolute Gasteiger partial charge is 0.271 e. The average molecular weight is 258 g/mol. The van der Waals surface area contributed by atoms with Crippen LogP contribution in [-0.4, -0.2) is 27.6 Å². The molecule has 0 spiro atoms. The van der Waals surface area contributed by atoms with Gasteiger partial charge in [-0.3, -0.25) is 14.6 Å². The van der Waals surface area contributed by atoms with Crippen molar-refractivity contribution in [3.05, 3.63) is 58.3 Å². The van der Waals surface area contributed by atoms with Gasteiger partial charge < -0.3 is 5.32 Å². The second-order valence-electron chi connectivity index (χ2n) is 4.03. The molecular weight excluding hydrogens is 244 g/mol. The topological polar surface area (TPSA) is 87.7 Å². The predicted octanol–water partition coefficient (Wildman–Crippen LogP) is 0.527. The standard InChI is InChI=1S/C13H14N4O2/c18-12-6-5-11(16-17-12)13(19)15-8-2-4-10-3-1-7-14-9-10/h1,3,5-7,9H,2,4,8H2,(H,15,19)(H,17,18). The molecule has 98 valence electrons. The van der Waals surface area contributed by atoms with E-state index in [1.54, 1.807) is 6.20 Å². The third-order valence-corrected chi connectivity index (χ3v) is 2.56. The van der Waals surface area contributed by atoms with E-state index in [0.29, 0.717) is 6.54 Å². The molecule has 2 aromatic heterocycles. The minimum Gasteiger partial charge on any atom is -0.351 e. The summed E-state index contributed by atoms with van der Waals surface area (Å²) < 4.78 is 0. The van der Waals surface area contributed by atoms with Crippen LogP contribution < -0.4 is 10.9 Å². The molecule has 6 nitrogen and oxygen atoms in total. The molecule has 1 amide bonds. The number of carbonyl (C=O) groups excluding carboxylic acids is 1. The number of hydrogen-bond acceptors (Lipinski definition) is 4. The lowest BCUT2D eigenvalue weighted by atomic mass is 10.1. The maximum absolute atomic E-state index is 11.7. The first kappa shape index (κ1) is 12.9. The van der Waals surface area contributed by atoms with Crippen LogP contribution in [0.2, 0.25) is 0 Å². The highest BCUT2D eigenvalue weighted by molar-refractivity contribution is 5.91. The number of nitrogens with one attached hydrogen (secondary N) is 2. The molecule has 2 N–H and O–H groups in total. The number of carbonyl (C=O) groups is 1. The zero-order valence-electron chi connectivity index (χ0n) is 10.3. The molecular formula is C13H14N4O2. The highest BCUT2D eigenvalue weighted by Crippen LogP contribution is 1.99. The molecule has 0 fully saturated rings. The molecule has 0 aliphatic heterocycles. The van der Waals surface area contributed by atoms with Crippen molar-refractivity contribution in [3.63, 3.8) is 0 Å². The maximum atomic E-state index is 11.7. The van der Waals surface area contributed by atoms with Crippen LogP contribution in [0.25, 0.3) is 0 Å². The quantitative estimate of drug-likeness (QED) is 0.766. The second kappa shape index (κ2) is 6.44. The van der Waals surface area contributed by atoms with Crippen LogP contribution in [0.5, 0.6) is 0 Å². The van der Waals surface area contributed by atoms with Crippen LogP contribution in [-0.2, 0) is 6.42 Å². The van der Waals surface area contributed by atoms with Gasteiger partial charge in [-0.2, -0.15) is 5.10 Å². The van der Waals surface area contributed by atoms with Crippen LogP contribution in [0.15, 0.2) is 41.5 Å². The van der Waals surface area contributed by atoms with Crippen molar-refractivity contribution in [1.82, 2.24) is 20.5 Å². The molecule has 2 rings (SSSR count). The highest BCUT2D eigenvalue weighted by Gasteiger charge is 2.05. The first-order valence-corrected chi connectivity index (χ1v) is 5.98. The number of H-pyrrole nitrogens is 1. The normalized spacial score (nSPS) is 10.1. The first-order chi connectivity index (χ1) is 9.25. The van der Waals surface area contributed by atoms with Gasteiger partial charge in [0, 0.05) is 25.0 Å². The Labute approximate surface area is 109 Å². The van der Waals surface area contributed by atoms with E-state index in [2.05, 4.69) is 20.5 Å². The van der Waals surface area contributed by atoms with Gasteiger partial charge in [0.05, 0.1) is 0 Å². The van der Waals surface area contributed by atoms with Crippen molar-refractivity contribution < 1.29 is 4.79 Å². The Morgan fingerprint density at radius 3 is 2.89 bits per heavy atom. The molecule has 2 aromatic rings. The van der Waals surface area contributed by atoms with Crippen LogP contribution in [0.3, 0.4) is 0 Å². The number of hydrogen-bond donors (Lipinski definition) is 2. The molecule has 0 unspecified atom stereocenters. The maximum Gasteiger partial charge on any atom is 0.271 e. The van der Waals surface area contributed by atoms with E-state index >= 15 is 0 Å². The summed E-state index contributed by atoms with van der Waals surface area (Å²) in [7, 11) is 0. The summed E-state index contributed by atoms with van der Waals surface area (Å²) in [5, 5.41) is 8.62. The molecule has 0 saturated carbocycles. The zero-order chi connectivity index (χ0) is 13.5. The average Bonchev–Trinajstić information content (AvgIpc) is 2.45. The van der Waals surface area contributed by atoms with Crippen LogP contribution in [0, 0.1) is 0 Å². The Morgan fingerprint density at radius 1 is 1.32 bits per heavy atom. The summed E-state index contributed by atoms with van der Waals surface area (Å²) in [4.78, 5) is 26.5. The Kier molecular flexibility index (Phi) is 4.39. The number of amides is 1. The van der Waals surface area contributed by atoms with Gasteiger partial charge in [0.1, 0.15) is 5.69 Å². The van der Waals surface area contributed by atoms with E-state index in [-0.39, 0.29) is 17.2 Å². The molecule has 0 radical (unpaired) electrons. The molecule has 0 atom stereocenters. The zero-order valence-corrected chi connectivity index (χ0v) is 10.3. The third kappa shape index (κ3) is 4.02. The fourth-order valence-electron chi connectivity index (χ4n) is 1.60. The van der Waals surface area contributed by atoms with Crippen molar-refractivity contribution in [2.75, 3.05) is 6.54 Å². The van der Waals surface area contributed by atoms with Crippen LogP contribution in [0.1, 0.15) is 22.5 Å².